The molecule has 0 aliphatic heterocycles. The van der Waals surface area contributed by atoms with Crippen molar-refractivity contribution in [2.75, 3.05) is 3.93 Å². The molecule has 0 atom stereocenters. The van der Waals surface area contributed by atoms with Gasteiger partial charge in [-0.1, -0.05) is 11.6 Å². The van der Waals surface area contributed by atoms with Gasteiger partial charge in [0.15, 0.2) is 0 Å². The van der Waals surface area contributed by atoms with Gasteiger partial charge in [-0.15, -0.1) is 0 Å². The van der Waals surface area contributed by atoms with Crippen molar-refractivity contribution in [1.29, 1.82) is 0 Å². The Morgan fingerprint density at radius 2 is 2.07 bits per heavy atom. The van der Waals surface area contributed by atoms with E-state index < -0.39 is 5.97 Å². The summed E-state index contributed by atoms with van der Waals surface area (Å²) in [5.74, 6) is -1.45. The maximum absolute atomic E-state index is 11.1. The van der Waals surface area contributed by atoms with Crippen molar-refractivity contribution in [1.82, 2.24) is 0 Å². The smallest absolute Gasteiger partial charge is 0.337 e. The van der Waals surface area contributed by atoms with Crippen LogP contribution in [0.25, 0.3) is 0 Å². The number of halogens is 2. The molecule has 0 aromatic heterocycles. The highest BCUT2D eigenvalue weighted by molar-refractivity contribution is 9.10. The summed E-state index contributed by atoms with van der Waals surface area (Å²) in [7, 11) is 0. The fourth-order valence-corrected chi connectivity index (χ4v) is 1.48. The Bertz CT molecular complexity index is 422. The van der Waals surface area contributed by atoms with E-state index in [0.717, 1.165) is 3.93 Å². The molecule has 0 spiro atoms. The van der Waals surface area contributed by atoms with Gasteiger partial charge in [0.2, 0.25) is 5.91 Å². The number of anilines is 1. The highest BCUT2D eigenvalue weighted by Crippen LogP contribution is 2.27. The van der Waals surface area contributed by atoms with E-state index in [9.17, 15) is 9.59 Å². The van der Waals surface area contributed by atoms with Crippen LogP contribution in [0.2, 0.25) is 5.02 Å². The van der Waals surface area contributed by atoms with Gasteiger partial charge in [0, 0.05) is 11.9 Å². The molecule has 4 nitrogen and oxygen atoms in total. The fraction of sp³-hybridized carbons (Fsp3) is 0.111. The Morgan fingerprint density at radius 3 is 2.53 bits per heavy atom. The van der Waals surface area contributed by atoms with E-state index in [0.29, 0.717) is 5.02 Å². The maximum atomic E-state index is 11.1. The van der Waals surface area contributed by atoms with Gasteiger partial charge in [0.05, 0.1) is 27.4 Å². The van der Waals surface area contributed by atoms with Gasteiger partial charge < -0.3 is 5.11 Å². The van der Waals surface area contributed by atoms with E-state index in [4.69, 9.17) is 16.7 Å². The third-order valence-corrected chi connectivity index (χ3v) is 2.79. The highest BCUT2D eigenvalue weighted by Gasteiger charge is 2.17. The molecular formula is C9H7BrClNO3. The summed E-state index contributed by atoms with van der Waals surface area (Å²) in [6, 6.07) is 4.20. The molecule has 0 heterocycles. The quantitative estimate of drug-likeness (QED) is 0.853. The van der Waals surface area contributed by atoms with E-state index in [1.807, 2.05) is 0 Å². The topological polar surface area (TPSA) is 57.6 Å². The SMILES string of the molecule is CC(=O)N(Br)c1cc(Cl)ccc1C(=O)O. The monoisotopic (exact) mass is 291 g/mol. The third kappa shape index (κ3) is 2.70. The van der Waals surface area contributed by atoms with Crippen molar-refractivity contribution in [2.24, 2.45) is 0 Å². The van der Waals surface area contributed by atoms with Crippen molar-refractivity contribution >= 4 is 45.3 Å². The number of carboxylic acids is 1. The first kappa shape index (κ1) is 12.0. The standard InChI is InChI=1S/C9H7BrClNO3/c1-5(13)12(10)8-4-6(11)2-3-7(8)9(14)15/h2-4H,1H3,(H,14,15). The number of carbonyl (C=O) groups excluding carboxylic acids is 1. The number of hydrogen-bond donors (Lipinski definition) is 1. The Balaban J connectivity index is 3.30. The first-order chi connectivity index (χ1) is 6.93. The third-order valence-electron chi connectivity index (χ3n) is 1.68. The lowest BCUT2D eigenvalue weighted by Gasteiger charge is -2.14. The molecule has 0 saturated carbocycles. The van der Waals surface area contributed by atoms with Crippen LogP contribution in [0.15, 0.2) is 18.2 Å². The Hall–Kier alpha value is -1.07. The summed E-state index contributed by atoms with van der Waals surface area (Å²) in [5, 5.41) is 9.25. The molecule has 0 aliphatic carbocycles. The summed E-state index contributed by atoms with van der Waals surface area (Å²) < 4.78 is 1.06. The van der Waals surface area contributed by atoms with Crippen LogP contribution >= 0.6 is 27.7 Å². The first-order valence-corrected chi connectivity index (χ1v) is 5.01. The molecule has 0 aliphatic rings. The molecular weight excluding hydrogens is 285 g/mol. The minimum absolute atomic E-state index is 0.00600. The number of benzene rings is 1. The second kappa shape index (κ2) is 4.63. The molecule has 0 radical (unpaired) electrons. The molecule has 1 aromatic rings. The summed E-state index contributed by atoms with van der Waals surface area (Å²) >= 11 is 8.68. The molecule has 1 N–H and O–H groups in total. The molecule has 0 unspecified atom stereocenters. The van der Waals surface area contributed by atoms with Crippen LogP contribution in [0.5, 0.6) is 0 Å². The lowest BCUT2D eigenvalue weighted by atomic mass is 10.2. The van der Waals surface area contributed by atoms with Crippen LogP contribution in [0.1, 0.15) is 17.3 Å². The Kier molecular flexibility index (Phi) is 3.71. The van der Waals surface area contributed by atoms with Gasteiger partial charge in [0.25, 0.3) is 0 Å². The van der Waals surface area contributed by atoms with E-state index >= 15 is 0 Å². The van der Waals surface area contributed by atoms with Crippen LogP contribution in [0.3, 0.4) is 0 Å². The first-order valence-electron chi connectivity index (χ1n) is 3.93. The molecule has 6 heteroatoms. The van der Waals surface area contributed by atoms with Crippen LogP contribution in [-0.2, 0) is 4.79 Å². The molecule has 15 heavy (non-hydrogen) atoms. The molecule has 0 bridgehead atoms. The number of hydrogen-bond acceptors (Lipinski definition) is 2. The number of carboxylic acid groups (broad SMARTS) is 1. The summed E-state index contributed by atoms with van der Waals surface area (Å²) in [6.45, 7) is 1.31. The molecule has 1 aromatic carbocycles. The van der Waals surface area contributed by atoms with E-state index in [1.165, 1.54) is 25.1 Å². The average molecular weight is 293 g/mol. The van der Waals surface area contributed by atoms with Gasteiger partial charge in [-0.05, 0) is 18.2 Å². The van der Waals surface area contributed by atoms with E-state index in [2.05, 4.69) is 16.1 Å². The van der Waals surface area contributed by atoms with Crippen molar-refractivity contribution in [2.45, 2.75) is 6.92 Å². The zero-order valence-electron chi connectivity index (χ0n) is 7.70. The van der Waals surface area contributed by atoms with Gasteiger partial charge >= 0.3 is 5.97 Å². The van der Waals surface area contributed by atoms with Crippen LogP contribution < -0.4 is 3.93 Å². The van der Waals surface area contributed by atoms with Gasteiger partial charge in [-0.25, -0.2) is 8.72 Å². The average Bonchev–Trinajstić information content (AvgIpc) is 2.15. The Morgan fingerprint density at radius 1 is 1.47 bits per heavy atom. The minimum Gasteiger partial charge on any atom is -0.478 e. The molecule has 0 fully saturated rings. The zero-order valence-corrected chi connectivity index (χ0v) is 10.0. The number of nitrogens with zero attached hydrogens (tertiary/aromatic N) is 1. The van der Waals surface area contributed by atoms with Crippen molar-refractivity contribution in [3.8, 4) is 0 Å². The van der Waals surface area contributed by atoms with Crippen LogP contribution in [-0.4, -0.2) is 17.0 Å². The normalized spacial score (nSPS) is 9.80. The second-order valence-corrected chi connectivity index (χ2v) is 3.91. The zero-order chi connectivity index (χ0) is 11.6. The lowest BCUT2D eigenvalue weighted by Crippen LogP contribution is -2.18. The molecule has 0 saturated heterocycles. The number of aromatic carboxylic acids is 1. The van der Waals surface area contributed by atoms with E-state index in [-0.39, 0.29) is 17.2 Å². The predicted molar refractivity (Wildman–Crippen MR) is 60.5 cm³/mol. The number of carbonyl (C=O) groups is 2. The lowest BCUT2D eigenvalue weighted by molar-refractivity contribution is -0.115. The highest BCUT2D eigenvalue weighted by atomic mass is 79.9. The molecule has 1 amide bonds. The van der Waals surface area contributed by atoms with Gasteiger partial charge in [-0.3, -0.25) is 4.79 Å². The van der Waals surface area contributed by atoms with E-state index in [1.54, 1.807) is 0 Å². The summed E-state index contributed by atoms with van der Waals surface area (Å²) in [4.78, 5) is 21.9. The molecule has 80 valence electrons. The van der Waals surface area contributed by atoms with Crippen LogP contribution in [0.4, 0.5) is 5.69 Å². The van der Waals surface area contributed by atoms with Crippen molar-refractivity contribution in [3.63, 3.8) is 0 Å². The predicted octanol–water partition coefficient (Wildman–Crippen LogP) is 2.70. The van der Waals surface area contributed by atoms with Gasteiger partial charge in [-0.2, -0.15) is 0 Å². The Labute approximate surface area is 99.8 Å². The maximum Gasteiger partial charge on any atom is 0.337 e. The number of amides is 1. The number of rotatable bonds is 2. The van der Waals surface area contributed by atoms with Crippen LogP contribution in [0, 0.1) is 0 Å². The van der Waals surface area contributed by atoms with Crippen molar-refractivity contribution < 1.29 is 14.7 Å². The largest absolute Gasteiger partial charge is 0.478 e. The fourth-order valence-electron chi connectivity index (χ4n) is 1.02. The minimum atomic E-state index is -1.12. The summed E-state index contributed by atoms with van der Waals surface area (Å²) in [6.07, 6.45) is 0. The van der Waals surface area contributed by atoms with Crippen molar-refractivity contribution in [3.05, 3.63) is 28.8 Å². The van der Waals surface area contributed by atoms with Gasteiger partial charge in [0.1, 0.15) is 0 Å². The molecule has 1 rings (SSSR count). The summed E-state index contributed by atoms with van der Waals surface area (Å²) in [5.41, 5.74) is 0.217. The second-order valence-electron chi connectivity index (χ2n) is 2.77.